The Labute approximate surface area is 128 Å². The highest BCUT2D eigenvalue weighted by atomic mass is 32.1. The molecule has 21 heavy (non-hydrogen) atoms. The van der Waals surface area contributed by atoms with Gasteiger partial charge in [-0.2, -0.15) is 0 Å². The van der Waals surface area contributed by atoms with Crippen molar-refractivity contribution in [2.45, 2.75) is 20.4 Å². The van der Waals surface area contributed by atoms with Gasteiger partial charge in [-0.3, -0.25) is 4.98 Å². The molecule has 0 saturated heterocycles. The van der Waals surface area contributed by atoms with E-state index in [9.17, 15) is 0 Å². The number of benzene rings is 1. The van der Waals surface area contributed by atoms with Gasteiger partial charge in [-0.1, -0.05) is 0 Å². The minimum Gasteiger partial charge on any atom is -0.398 e. The molecule has 0 fully saturated rings. The van der Waals surface area contributed by atoms with Crippen LogP contribution in [0.2, 0.25) is 0 Å². The molecule has 1 aromatic carbocycles. The van der Waals surface area contributed by atoms with E-state index >= 15 is 0 Å². The van der Waals surface area contributed by atoms with Crippen LogP contribution >= 0.6 is 11.3 Å². The van der Waals surface area contributed by atoms with E-state index in [1.54, 1.807) is 11.3 Å². The first-order valence-corrected chi connectivity index (χ1v) is 7.69. The minimum absolute atomic E-state index is 0.767. The molecule has 2 aromatic heterocycles. The lowest BCUT2D eigenvalue weighted by molar-refractivity contribution is 0.931. The zero-order valence-electron chi connectivity index (χ0n) is 12.4. The van der Waals surface area contributed by atoms with Gasteiger partial charge in [0.15, 0.2) is 0 Å². The van der Waals surface area contributed by atoms with Gasteiger partial charge in [-0.05, 0) is 32.0 Å². The van der Waals surface area contributed by atoms with Gasteiger partial charge >= 0.3 is 0 Å². The second kappa shape index (κ2) is 5.33. The van der Waals surface area contributed by atoms with E-state index in [0.29, 0.717) is 0 Å². The number of aryl methyl sites for hydroxylation is 2. The van der Waals surface area contributed by atoms with Gasteiger partial charge in [-0.25, -0.2) is 4.98 Å². The first kappa shape index (κ1) is 13.8. The predicted molar refractivity (Wildman–Crippen MR) is 89.9 cm³/mol. The molecule has 0 saturated carbocycles. The van der Waals surface area contributed by atoms with Crippen LogP contribution in [0.5, 0.6) is 0 Å². The molecular formula is C16H18N4S. The second-order valence-corrected chi connectivity index (χ2v) is 6.20. The maximum Gasteiger partial charge on any atom is 0.0798 e. The van der Waals surface area contributed by atoms with Gasteiger partial charge in [0, 0.05) is 46.0 Å². The Morgan fingerprint density at radius 2 is 2.00 bits per heavy atom. The molecule has 0 radical (unpaired) electrons. The van der Waals surface area contributed by atoms with Crippen LogP contribution in [0.1, 0.15) is 16.3 Å². The zero-order chi connectivity index (χ0) is 15.0. The Bertz CT molecular complexity index is 794. The maximum atomic E-state index is 6.07. The second-order valence-electron chi connectivity index (χ2n) is 5.26. The normalized spacial score (nSPS) is 11.0. The monoisotopic (exact) mass is 298 g/mol. The van der Waals surface area contributed by atoms with E-state index in [0.717, 1.165) is 40.1 Å². The molecule has 2 N–H and O–H groups in total. The number of pyridine rings is 1. The summed E-state index contributed by atoms with van der Waals surface area (Å²) < 4.78 is 0. The van der Waals surface area contributed by atoms with E-state index in [2.05, 4.69) is 41.0 Å². The summed E-state index contributed by atoms with van der Waals surface area (Å²) in [6.07, 6.45) is 1.86. The molecule has 2 heterocycles. The lowest BCUT2D eigenvalue weighted by Gasteiger charge is -2.21. The third kappa shape index (κ3) is 2.56. The Hall–Kier alpha value is -2.14. The minimum atomic E-state index is 0.767. The number of nitrogen functional groups attached to an aromatic ring is 1. The number of rotatable bonds is 3. The van der Waals surface area contributed by atoms with Crippen LogP contribution in [0.15, 0.2) is 29.9 Å². The fourth-order valence-electron chi connectivity index (χ4n) is 2.46. The number of thiazole rings is 1. The third-order valence-corrected chi connectivity index (χ3v) is 4.61. The van der Waals surface area contributed by atoms with Gasteiger partial charge in [0.05, 0.1) is 17.7 Å². The topological polar surface area (TPSA) is 55.0 Å². The van der Waals surface area contributed by atoms with Crippen LogP contribution in [-0.4, -0.2) is 17.0 Å². The fourth-order valence-corrected chi connectivity index (χ4v) is 3.29. The van der Waals surface area contributed by atoms with Crippen molar-refractivity contribution in [2.24, 2.45) is 0 Å². The van der Waals surface area contributed by atoms with E-state index in [-0.39, 0.29) is 0 Å². The number of aromatic nitrogens is 2. The molecule has 0 amide bonds. The van der Waals surface area contributed by atoms with Crippen LogP contribution in [0.4, 0.5) is 11.4 Å². The Balaban J connectivity index is 2.05. The molecule has 108 valence electrons. The van der Waals surface area contributed by atoms with Gasteiger partial charge in [0.25, 0.3) is 0 Å². The SMILES string of the molecule is Cc1cc2c(N(C)Cc3scnc3C)ccc(N)c2cn1. The Morgan fingerprint density at radius 1 is 1.19 bits per heavy atom. The summed E-state index contributed by atoms with van der Waals surface area (Å²) in [6.45, 7) is 4.89. The molecule has 0 bridgehead atoms. The summed E-state index contributed by atoms with van der Waals surface area (Å²) in [6, 6.07) is 6.12. The average molecular weight is 298 g/mol. The van der Waals surface area contributed by atoms with Crippen molar-refractivity contribution in [3.8, 4) is 0 Å². The molecule has 0 aliphatic carbocycles. The van der Waals surface area contributed by atoms with Crippen molar-refractivity contribution < 1.29 is 0 Å². The molecule has 3 rings (SSSR count). The Kier molecular flexibility index (Phi) is 3.51. The van der Waals surface area contributed by atoms with Crippen molar-refractivity contribution in [3.63, 3.8) is 0 Å². The third-order valence-electron chi connectivity index (χ3n) is 3.69. The molecule has 0 unspecified atom stereocenters. The van der Waals surface area contributed by atoms with Gasteiger partial charge in [0.1, 0.15) is 0 Å². The predicted octanol–water partition coefficient (Wildman–Crippen LogP) is 3.53. The standard InChI is InChI=1S/C16H18N4S/c1-10-6-12-13(7-18-10)14(17)4-5-15(12)20(3)8-16-11(2)19-9-21-16/h4-7,9H,8,17H2,1-3H3. The molecule has 0 spiro atoms. The number of hydrogen-bond acceptors (Lipinski definition) is 5. The largest absolute Gasteiger partial charge is 0.398 e. The molecule has 4 nitrogen and oxygen atoms in total. The summed E-state index contributed by atoms with van der Waals surface area (Å²) in [4.78, 5) is 12.2. The van der Waals surface area contributed by atoms with E-state index in [1.165, 1.54) is 4.88 Å². The number of hydrogen-bond donors (Lipinski definition) is 1. The Morgan fingerprint density at radius 3 is 2.71 bits per heavy atom. The van der Waals surface area contributed by atoms with Crippen molar-refractivity contribution in [1.29, 1.82) is 0 Å². The quantitative estimate of drug-likeness (QED) is 0.752. The highest BCUT2D eigenvalue weighted by Gasteiger charge is 2.11. The molecule has 0 aliphatic heterocycles. The zero-order valence-corrected chi connectivity index (χ0v) is 13.2. The van der Waals surface area contributed by atoms with Gasteiger partial charge in [-0.15, -0.1) is 11.3 Å². The maximum absolute atomic E-state index is 6.07. The van der Waals surface area contributed by atoms with Crippen molar-refractivity contribution in [3.05, 3.63) is 46.2 Å². The summed E-state index contributed by atoms with van der Waals surface area (Å²) in [5, 5.41) is 2.15. The number of nitrogens with zero attached hydrogens (tertiary/aromatic N) is 3. The lowest BCUT2D eigenvalue weighted by atomic mass is 10.1. The summed E-state index contributed by atoms with van der Waals surface area (Å²) in [7, 11) is 2.10. The highest BCUT2D eigenvalue weighted by molar-refractivity contribution is 7.09. The first-order chi connectivity index (χ1) is 10.1. The van der Waals surface area contributed by atoms with Crippen LogP contribution in [0.25, 0.3) is 10.8 Å². The molecule has 5 heteroatoms. The fraction of sp³-hybridized carbons (Fsp3) is 0.250. The number of nitrogens with two attached hydrogens (primary N) is 1. The molecule has 3 aromatic rings. The first-order valence-electron chi connectivity index (χ1n) is 6.81. The van der Waals surface area contributed by atoms with Crippen LogP contribution in [-0.2, 0) is 6.54 Å². The average Bonchev–Trinajstić information content (AvgIpc) is 2.84. The van der Waals surface area contributed by atoms with E-state index < -0.39 is 0 Å². The van der Waals surface area contributed by atoms with E-state index in [1.807, 2.05) is 24.7 Å². The molecular weight excluding hydrogens is 280 g/mol. The highest BCUT2D eigenvalue weighted by Crippen LogP contribution is 2.31. The molecule has 0 atom stereocenters. The van der Waals surface area contributed by atoms with Gasteiger partial charge in [0.2, 0.25) is 0 Å². The summed E-state index contributed by atoms with van der Waals surface area (Å²) in [5.74, 6) is 0. The van der Waals surface area contributed by atoms with Crippen LogP contribution in [0, 0.1) is 13.8 Å². The van der Waals surface area contributed by atoms with Crippen molar-refractivity contribution in [2.75, 3.05) is 17.7 Å². The molecule has 0 aliphatic rings. The smallest absolute Gasteiger partial charge is 0.0798 e. The van der Waals surface area contributed by atoms with Crippen LogP contribution in [0.3, 0.4) is 0 Å². The van der Waals surface area contributed by atoms with Gasteiger partial charge < -0.3 is 10.6 Å². The lowest BCUT2D eigenvalue weighted by Crippen LogP contribution is -2.16. The summed E-state index contributed by atoms with van der Waals surface area (Å²) in [5.41, 5.74) is 12.0. The number of anilines is 2. The van der Waals surface area contributed by atoms with E-state index in [4.69, 9.17) is 5.73 Å². The van der Waals surface area contributed by atoms with Crippen LogP contribution < -0.4 is 10.6 Å². The van der Waals surface area contributed by atoms with Crippen molar-refractivity contribution >= 4 is 33.5 Å². The summed E-state index contributed by atoms with van der Waals surface area (Å²) >= 11 is 1.69. The van der Waals surface area contributed by atoms with Crippen molar-refractivity contribution in [1.82, 2.24) is 9.97 Å². The number of fused-ring (bicyclic) bond motifs is 1.